The summed E-state index contributed by atoms with van der Waals surface area (Å²) in [5.74, 6) is -0.700. The molecule has 0 fully saturated rings. The zero-order valence-electron chi connectivity index (χ0n) is 14.7. The van der Waals surface area contributed by atoms with Crippen molar-refractivity contribution >= 4 is 40.9 Å². The van der Waals surface area contributed by atoms with E-state index >= 15 is 0 Å². The van der Waals surface area contributed by atoms with Gasteiger partial charge in [0.15, 0.2) is 0 Å². The molecule has 0 radical (unpaired) electrons. The van der Waals surface area contributed by atoms with Crippen molar-refractivity contribution in [2.45, 2.75) is 17.7 Å². The average molecular weight is 388 g/mol. The van der Waals surface area contributed by atoms with Crippen LogP contribution >= 0.6 is 11.8 Å². The highest BCUT2D eigenvalue weighted by Gasteiger charge is 2.08. The zero-order valence-corrected chi connectivity index (χ0v) is 15.5. The molecule has 27 heavy (non-hydrogen) atoms. The fraction of sp³-hybridized carbons (Fsp3) is 0.211. The summed E-state index contributed by atoms with van der Waals surface area (Å²) in [4.78, 5) is 35.0. The van der Waals surface area contributed by atoms with E-state index < -0.39 is 5.97 Å². The number of anilines is 2. The summed E-state index contributed by atoms with van der Waals surface area (Å²) < 4.78 is 5.20. The quantitative estimate of drug-likeness (QED) is 0.570. The van der Waals surface area contributed by atoms with Gasteiger partial charge in [0.2, 0.25) is 11.8 Å². The van der Waals surface area contributed by atoms with Gasteiger partial charge in [-0.2, -0.15) is 0 Å². The third kappa shape index (κ3) is 7.02. The normalized spacial score (nSPS) is 10.1. The van der Waals surface area contributed by atoms with Gasteiger partial charge in [0.1, 0.15) is 5.75 Å². The maximum absolute atomic E-state index is 12.1. The highest BCUT2D eigenvalue weighted by Crippen LogP contribution is 2.24. The van der Waals surface area contributed by atoms with Gasteiger partial charge in [0.05, 0.1) is 25.0 Å². The molecule has 0 saturated carbocycles. The second-order valence-electron chi connectivity index (χ2n) is 5.50. The Hall–Kier alpha value is -3.00. The number of benzene rings is 2. The Kier molecular flexibility index (Phi) is 7.69. The molecular weight excluding hydrogens is 368 g/mol. The van der Waals surface area contributed by atoms with Crippen LogP contribution in [0.3, 0.4) is 0 Å². The van der Waals surface area contributed by atoms with Crippen LogP contribution in [0.25, 0.3) is 0 Å². The Balaban J connectivity index is 1.81. The smallest absolute Gasteiger partial charge is 0.303 e. The van der Waals surface area contributed by atoms with Crippen molar-refractivity contribution in [3.63, 3.8) is 0 Å². The first-order valence-corrected chi connectivity index (χ1v) is 9.14. The first-order valence-electron chi connectivity index (χ1n) is 8.15. The van der Waals surface area contributed by atoms with Gasteiger partial charge in [-0.3, -0.25) is 14.4 Å². The van der Waals surface area contributed by atoms with E-state index in [1.807, 2.05) is 12.1 Å². The van der Waals surface area contributed by atoms with Crippen molar-refractivity contribution in [3.05, 3.63) is 48.5 Å². The first kappa shape index (κ1) is 20.3. The number of carboxylic acids is 1. The molecule has 3 N–H and O–H groups in total. The lowest BCUT2D eigenvalue weighted by molar-refractivity contribution is -0.138. The van der Waals surface area contributed by atoms with Crippen LogP contribution in [0.5, 0.6) is 5.75 Å². The number of thioether (sulfide) groups is 1. The van der Waals surface area contributed by atoms with E-state index in [9.17, 15) is 14.4 Å². The van der Waals surface area contributed by atoms with Crippen LogP contribution in [0.4, 0.5) is 11.4 Å². The van der Waals surface area contributed by atoms with Crippen molar-refractivity contribution in [2.24, 2.45) is 0 Å². The van der Waals surface area contributed by atoms with Crippen LogP contribution in [0.15, 0.2) is 53.4 Å². The molecule has 0 unspecified atom stereocenters. The van der Waals surface area contributed by atoms with E-state index in [4.69, 9.17) is 9.84 Å². The molecule has 0 bridgehead atoms. The van der Waals surface area contributed by atoms with Gasteiger partial charge in [-0.1, -0.05) is 12.1 Å². The molecule has 8 heteroatoms. The molecule has 0 aliphatic heterocycles. The third-order valence-corrected chi connectivity index (χ3v) is 4.47. The maximum Gasteiger partial charge on any atom is 0.303 e. The SMILES string of the molecule is COc1ccccc1NC(=O)CSc1ccc(NC(=O)CCC(=O)O)cc1. The number of carbonyl (C=O) groups excluding carboxylic acids is 2. The van der Waals surface area contributed by atoms with Crippen LogP contribution in [0.2, 0.25) is 0 Å². The van der Waals surface area contributed by atoms with Crippen LogP contribution in [0.1, 0.15) is 12.8 Å². The third-order valence-electron chi connectivity index (χ3n) is 3.45. The number of para-hydroxylation sites is 2. The number of ether oxygens (including phenoxy) is 1. The second kappa shape index (κ2) is 10.2. The van der Waals surface area contributed by atoms with Crippen molar-refractivity contribution in [2.75, 3.05) is 23.5 Å². The highest BCUT2D eigenvalue weighted by atomic mass is 32.2. The van der Waals surface area contributed by atoms with Crippen LogP contribution in [-0.2, 0) is 14.4 Å². The first-order chi connectivity index (χ1) is 13.0. The molecule has 7 nitrogen and oxygen atoms in total. The van der Waals surface area contributed by atoms with Crippen LogP contribution < -0.4 is 15.4 Å². The average Bonchev–Trinajstić information content (AvgIpc) is 2.66. The van der Waals surface area contributed by atoms with E-state index in [0.717, 1.165) is 4.90 Å². The number of hydrogen-bond acceptors (Lipinski definition) is 5. The predicted octanol–water partition coefficient (Wildman–Crippen LogP) is 3.23. The van der Waals surface area contributed by atoms with Crippen LogP contribution in [0, 0.1) is 0 Å². The number of hydrogen-bond donors (Lipinski definition) is 3. The molecule has 0 spiro atoms. The van der Waals surface area contributed by atoms with Crippen molar-refractivity contribution in [3.8, 4) is 5.75 Å². The molecule has 0 aromatic heterocycles. The van der Waals surface area contributed by atoms with Crippen molar-refractivity contribution in [1.29, 1.82) is 0 Å². The summed E-state index contributed by atoms with van der Waals surface area (Å²) in [5.41, 5.74) is 1.19. The Morgan fingerprint density at radius 3 is 2.33 bits per heavy atom. The van der Waals surface area contributed by atoms with E-state index in [0.29, 0.717) is 17.1 Å². The number of aliphatic carboxylic acids is 1. The van der Waals surface area contributed by atoms with Crippen molar-refractivity contribution in [1.82, 2.24) is 0 Å². The molecule has 0 atom stereocenters. The molecule has 2 rings (SSSR count). The monoisotopic (exact) mass is 388 g/mol. The zero-order chi connectivity index (χ0) is 19.6. The largest absolute Gasteiger partial charge is 0.495 e. The Morgan fingerprint density at radius 1 is 0.963 bits per heavy atom. The van der Waals surface area contributed by atoms with Gasteiger partial charge < -0.3 is 20.5 Å². The molecule has 0 aliphatic carbocycles. The van der Waals surface area contributed by atoms with Crippen molar-refractivity contribution < 1.29 is 24.2 Å². The van der Waals surface area contributed by atoms with Gasteiger partial charge in [-0.25, -0.2) is 0 Å². The van der Waals surface area contributed by atoms with Gasteiger partial charge >= 0.3 is 5.97 Å². The molecular formula is C19H20N2O5S. The Bertz CT molecular complexity index is 808. The molecule has 2 aromatic carbocycles. The van der Waals surface area contributed by atoms with E-state index in [-0.39, 0.29) is 30.4 Å². The second-order valence-corrected chi connectivity index (χ2v) is 6.55. The molecule has 2 aromatic rings. The number of nitrogens with one attached hydrogen (secondary N) is 2. The number of methoxy groups -OCH3 is 1. The number of carbonyl (C=O) groups is 3. The lowest BCUT2D eigenvalue weighted by Crippen LogP contribution is -2.14. The minimum Gasteiger partial charge on any atom is -0.495 e. The van der Waals surface area contributed by atoms with E-state index in [2.05, 4.69) is 10.6 Å². The molecule has 2 amide bonds. The molecule has 0 saturated heterocycles. The van der Waals surface area contributed by atoms with Crippen LogP contribution in [-0.4, -0.2) is 35.8 Å². The maximum atomic E-state index is 12.1. The highest BCUT2D eigenvalue weighted by molar-refractivity contribution is 8.00. The minimum atomic E-state index is -1.01. The topological polar surface area (TPSA) is 105 Å². The summed E-state index contributed by atoms with van der Waals surface area (Å²) in [5, 5.41) is 14.0. The Labute approximate surface area is 161 Å². The predicted molar refractivity (Wildman–Crippen MR) is 104 cm³/mol. The summed E-state index contributed by atoms with van der Waals surface area (Å²) >= 11 is 1.36. The van der Waals surface area contributed by atoms with E-state index in [1.165, 1.54) is 11.8 Å². The summed E-state index contributed by atoms with van der Waals surface area (Å²) in [6, 6.07) is 14.2. The fourth-order valence-corrected chi connectivity index (χ4v) is 2.86. The van der Waals surface area contributed by atoms with Gasteiger partial charge in [0, 0.05) is 17.0 Å². The Morgan fingerprint density at radius 2 is 1.67 bits per heavy atom. The van der Waals surface area contributed by atoms with Gasteiger partial charge in [0.25, 0.3) is 0 Å². The summed E-state index contributed by atoms with van der Waals surface area (Å²) in [6.07, 6.45) is -0.282. The summed E-state index contributed by atoms with van der Waals surface area (Å²) in [7, 11) is 1.54. The lowest BCUT2D eigenvalue weighted by atomic mass is 10.2. The molecule has 142 valence electrons. The standard InChI is InChI=1S/C19H20N2O5S/c1-26-16-5-3-2-4-15(16)21-18(23)12-27-14-8-6-13(7-9-14)20-17(22)10-11-19(24)25/h2-9H,10-12H2,1H3,(H,20,22)(H,21,23)(H,24,25). The molecule has 0 heterocycles. The van der Waals surface area contributed by atoms with E-state index in [1.54, 1.807) is 43.5 Å². The lowest BCUT2D eigenvalue weighted by Gasteiger charge is -2.10. The fourth-order valence-electron chi connectivity index (χ4n) is 2.16. The van der Waals surface area contributed by atoms with Gasteiger partial charge in [-0.05, 0) is 36.4 Å². The number of rotatable bonds is 9. The molecule has 0 aliphatic rings. The number of carboxylic acid groups (broad SMARTS) is 1. The van der Waals surface area contributed by atoms with Gasteiger partial charge in [-0.15, -0.1) is 11.8 Å². The number of amides is 2. The summed E-state index contributed by atoms with van der Waals surface area (Å²) in [6.45, 7) is 0. The minimum absolute atomic E-state index is 0.0744.